The molecule has 0 atom stereocenters. The smallest absolute Gasteiger partial charge is 0.358 e. The third kappa shape index (κ3) is 10.4. The van der Waals surface area contributed by atoms with Gasteiger partial charge in [0.05, 0.1) is 0 Å². The number of fused-ring (bicyclic) bond motifs is 2. The summed E-state index contributed by atoms with van der Waals surface area (Å²) in [5.74, 6) is 2.42. The molecule has 4 heteroatoms. The molecule has 0 aromatic heterocycles. The van der Waals surface area contributed by atoms with Crippen molar-refractivity contribution in [2.24, 2.45) is 0 Å². The third-order valence-electron chi connectivity index (χ3n) is 6.62. The minimum atomic E-state index is 0. The topological polar surface area (TPSA) is 0 Å². The second-order valence-electron chi connectivity index (χ2n) is 10.9. The summed E-state index contributed by atoms with van der Waals surface area (Å²) >= 11 is 0. The molecule has 4 aromatic rings. The van der Waals surface area contributed by atoms with E-state index in [1.807, 2.05) is 0 Å². The predicted molar refractivity (Wildman–Crippen MR) is 178 cm³/mol. The van der Waals surface area contributed by atoms with Crippen LogP contribution in [0.4, 0.5) is 0 Å². The molecule has 0 aliphatic rings. The Hall–Kier alpha value is -0.673. The van der Waals surface area contributed by atoms with Gasteiger partial charge in [0.2, 0.25) is 0 Å². The minimum absolute atomic E-state index is 0. The minimum Gasteiger partial charge on any atom is -0.358 e. The van der Waals surface area contributed by atoms with E-state index in [1.54, 1.807) is 0 Å². The van der Waals surface area contributed by atoms with Crippen LogP contribution >= 0.6 is 24.8 Å². The van der Waals surface area contributed by atoms with Crippen LogP contribution in [0, 0.1) is 28.7 Å². The van der Waals surface area contributed by atoms with Crippen molar-refractivity contribution < 1.29 is 25.8 Å². The Kier molecular flexibility index (Phi) is 21.7. The van der Waals surface area contributed by atoms with E-state index in [2.05, 4.69) is 118 Å². The summed E-state index contributed by atoms with van der Waals surface area (Å²) in [6.07, 6.45) is 0. The Labute approximate surface area is 271 Å². The van der Waals surface area contributed by atoms with E-state index >= 15 is 0 Å². The van der Waals surface area contributed by atoms with Crippen LogP contribution in [0.15, 0.2) is 48.5 Å². The van der Waals surface area contributed by atoms with Gasteiger partial charge in [0.1, 0.15) is 0 Å². The maximum absolute atomic E-state index is 2.39. The Morgan fingerprint density at radius 1 is 0.500 bits per heavy atom. The Balaban J connectivity index is -0.000000263. The molecule has 0 heterocycles. The fourth-order valence-corrected chi connectivity index (χ4v) is 4.67. The first-order chi connectivity index (χ1) is 15.0. The second kappa shape index (κ2) is 18.6. The molecular weight excluding hydrogens is 686 g/mol. The summed E-state index contributed by atoms with van der Waals surface area (Å²) in [6, 6.07) is 18.7. The van der Waals surface area contributed by atoms with E-state index in [9.17, 15) is 0 Å². The monoisotopic (exact) mass is 736 g/mol. The molecule has 38 heavy (non-hydrogen) atoms. The van der Waals surface area contributed by atoms with Gasteiger partial charge in [-0.3, -0.25) is 0 Å². The van der Waals surface area contributed by atoms with Gasteiger partial charge in [-0.2, -0.15) is 12.1 Å². The number of hydrogen-bond acceptors (Lipinski definition) is 0. The fraction of sp³-hybridized carbons (Fsp3) is 0.412. The largest absolute Gasteiger partial charge is 4.00 e. The van der Waals surface area contributed by atoms with Crippen LogP contribution in [-0.2, 0) is 25.8 Å². The van der Waals surface area contributed by atoms with Gasteiger partial charge in [-0.15, -0.1) is 81.8 Å². The zero-order valence-corrected chi connectivity index (χ0v) is 32.0. The Bertz CT molecular complexity index is 1120. The summed E-state index contributed by atoms with van der Waals surface area (Å²) < 4.78 is 0. The van der Waals surface area contributed by atoms with Gasteiger partial charge in [0.15, 0.2) is 0 Å². The maximum Gasteiger partial charge on any atom is 4.00 e. The van der Waals surface area contributed by atoms with Crippen molar-refractivity contribution in [1.82, 2.24) is 0 Å². The van der Waals surface area contributed by atoms with Crippen LogP contribution in [0.5, 0.6) is 0 Å². The third-order valence-corrected chi connectivity index (χ3v) is 6.62. The molecule has 208 valence electrons. The summed E-state index contributed by atoms with van der Waals surface area (Å²) in [5, 5.41) is 5.70. The van der Waals surface area contributed by atoms with Crippen molar-refractivity contribution in [1.29, 1.82) is 0 Å². The first-order valence-corrected chi connectivity index (χ1v) is 12.4. The van der Waals surface area contributed by atoms with Crippen LogP contribution in [0.2, 0.25) is 0 Å². The molecule has 4 radical (unpaired) electrons. The molecule has 0 unspecified atom stereocenters. The van der Waals surface area contributed by atoms with Crippen molar-refractivity contribution in [3.8, 4) is 0 Å². The van der Waals surface area contributed by atoms with Crippen molar-refractivity contribution in [3.05, 3.63) is 96.8 Å². The van der Waals surface area contributed by atoms with Crippen molar-refractivity contribution in [3.63, 3.8) is 0 Å². The van der Waals surface area contributed by atoms with Gasteiger partial charge >= 0.3 is 25.8 Å². The van der Waals surface area contributed by atoms with Crippen LogP contribution in [0.1, 0.15) is 112 Å². The van der Waals surface area contributed by atoms with E-state index in [4.69, 9.17) is 0 Å². The fourth-order valence-electron chi connectivity index (χ4n) is 4.67. The average Bonchev–Trinajstić information content (AvgIpc) is 3.26. The quantitative estimate of drug-likeness (QED) is 0.145. The molecule has 0 nitrogen and oxygen atoms in total. The molecule has 0 aliphatic heterocycles. The average molecular weight is 736 g/mol. The Morgan fingerprint density at radius 2 is 0.789 bits per heavy atom. The zero-order chi connectivity index (χ0) is 23.7. The molecule has 0 amide bonds. The second-order valence-corrected chi connectivity index (χ2v) is 10.9. The SMILES string of the molecule is Cc1cc2c(C(C)C)cc(C(C)C)cc2[cH-]1.Cc1cc2c(C(C)C)cc(C(C)C)cc2[cH-]1.Cl.Cl.[CH3-].[CH3-].[Hf+4].[Si]. The van der Waals surface area contributed by atoms with Crippen LogP contribution in [0.25, 0.3) is 21.5 Å². The van der Waals surface area contributed by atoms with Gasteiger partial charge in [-0.1, -0.05) is 104 Å². The van der Waals surface area contributed by atoms with Crippen LogP contribution in [-0.4, -0.2) is 11.0 Å². The molecule has 4 rings (SSSR count). The number of halogens is 2. The van der Waals surface area contributed by atoms with Crippen molar-refractivity contribution >= 4 is 57.3 Å². The normalized spacial score (nSPS) is 10.1. The molecule has 0 saturated heterocycles. The van der Waals surface area contributed by atoms with E-state index in [0.29, 0.717) is 23.7 Å². The first kappa shape index (κ1) is 44.3. The van der Waals surface area contributed by atoms with Gasteiger partial charge in [-0.05, 0) is 23.7 Å². The van der Waals surface area contributed by atoms with Gasteiger partial charge < -0.3 is 14.9 Å². The first-order valence-electron chi connectivity index (χ1n) is 12.4. The molecule has 0 aliphatic carbocycles. The van der Waals surface area contributed by atoms with Crippen LogP contribution < -0.4 is 0 Å². The van der Waals surface area contributed by atoms with Gasteiger partial charge in [0.25, 0.3) is 0 Å². The number of aryl methyl sites for hydroxylation is 2. The molecule has 4 aromatic carbocycles. The molecule has 0 saturated carbocycles. The number of benzene rings is 2. The van der Waals surface area contributed by atoms with Crippen LogP contribution in [0.3, 0.4) is 0 Å². The van der Waals surface area contributed by atoms with E-state index < -0.39 is 0 Å². The number of hydrogen-bond donors (Lipinski definition) is 0. The molecule has 0 fully saturated rings. The summed E-state index contributed by atoms with van der Waals surface area (Å²) in [5.41, 5.74) is 8.66. The summed E-state index contributed by atoms with van der Waals surface area (Å²) in [6.45, 7) is 22.5. The van der Waals surface area contributed by atoms with E-state index in [1.165, 1.54) is 54.9 Å². The molecule has 0 N–H and O–H groups in total. The van der Waals surface area contributed by atoms with E-state index in [-0.39, 0.29) is 76.5 Å². The van der Waals surface area contributed by atoms with Gasteiger partial charge in [-0.25, -0.2) is 0 Å². The molecule has 0 spiro atoms. The number of rotatable bonds is 4. The van der Waals surface area contributed by atoms with Gasteiger partial charge in [0, 0.05) is 11.0 Å². The zero-order valence-electron chi connectivity index (χ0n) is 25.7. The summed E-state index contributed by atoms with van der Waals surface area (Å²) in [4.78, 5) is 0. The maximum atomic E-state index is 2.39. The van der Waals surface area contributed by atoms with E-state index in [0.717, 1.165) is 0 Å². The standard InChI is InChI=1S/2C16H21.2CH3.2ClH.Hf.Si/c2*1-10(2)13-8-14-6-12(5)7-16(14)15(9-13)11(3)4;;;;;;/h2*6-11H,1-5H3;2*1H3;2*1H;;/q4*-1;;;+4;. The van der Waals surface area contributed by atoms with Crippen molar-refractivity contribution in [2.75, 3.05) is 0 Å². The predicted octanol–water partition coefficient (Wildman–Crippen LogP) is 11.6. The Morgan fingerprint density at radius 3 is 1.03 bits per heavy atom. The molecule has 0 bridgehead atoms. The summed E-state index contributed by atoms with van der Waals surface area (Å²) in [7, 11) is 0. The molecular formula is C34H50Cl2HfSi. The van der Waals surface area contributed by atoms with Crippen molar-refractivity contribution in [2.45, 2.75) is 92.9 Å².